The van der Waals surface area contributed by atoms with E-state index >= 15 is 0 Å². The molecule has 2 aromatic rings. The quantitative estimate of drug-likeness (QED) is 0.751. The number of hydrogen-bond donors (Lipinski definition) is 0. The number of methoxy groups -OCH3 is 1. The summed E-state index contributed by atoms with van der Waals surface area (Å²) in [6.45, 7) is 0.436. The van der Waals surface area contributed by atoms with Crippen LogP contribution in [0.5, 0.6) is 11.5 Å². The minimum absolute atomic E-state index is 0.436. The van der Waals surface area contributed by atoms with Gasteiger partial charge in [0.25, 0.3) is 0 Å². The van der Waals surface area contributed by atoms with Crippen molar-refractivity contribution in [3.63, 3.8) is 0 Å². The minimum Gasteiger partial charge on any atom is -0.493 e. The second kappa shape index (κ2) is 7.14. The van der Waals surface area contributed by atoms with Crippen molar-refractivity contribution in [3.8, 4) is 11.5 Å². The topological polar surface area (TPSA) is 35.5 Å². The number of carbonyl (C=O) groups is 1. The Bertz CT molecular complexity index is 588. The molecule has 0 saturated heterocycles. The van der Waals surface area contributed by atoms with Gasteiger partial charge in [-0.3, -0.25) is 4.79 Å². The largest absolute Gasteiger partial charge is 0.493 e. The van der Waals surface area contributed by atoms with Crippen LogP contribution in [0.1, 0.15) is 15.9 Å². The molecule has 102 valence electrons. The molecule has 2 rings (SSSR count). The van der Waals surface area contributed by atoms with Gasteiger partial charge in [-0.25, -0.2) is 0 Å². The van der Waals surface area contributed by atoms with Gasteiger partial charge in [-0.2, -0.15) is 0 Å². The number of ether oxygens (including phenoxy) is 2. The summed E-state index contributed by atoms with van der Waals surface area (Å²) in [6, 6.07) is 15.1. The third kappa shape index (κ3) is 3.72. The summed E-state index contributed by atoms with van der Waals surface area (Å²) in [7, 11) is 1.55. The zero-order valence-corrected chi connectivity index (χ0v) is 11.3. The van der Waals surface area contributed by atoms with E-state index in [0.29, 0.717) is 23.7 Å². The van der Waals surface area contributed by atoms with Crippen LogP contribution in [0, 0.1) is 0 Å². The van der Waals surface area contributed by atoms with Gasteiger partial charge < -0.3 is 9.47 Å². The standard InChI is InChI=1S/C17H16O3/c1-19-17-12-15(13-18)9-10-16(17)20-11-5-8-14-6-3-2-4-7-14/h2-10,12-13H,11H2,1H3/b8-5+. The van der Waals surface area contributed by atoms with Crippen molar-refractivity contribution in [1.29, 1.82) is 0 Å². The first-order chi connectivity index (χ1) is 9.83. The van der Waals surface area contributed by atoms with E-state index in [9.17, 15) is 4.79 Å². The molecule has 0 aromatic heterocycles. The Labute approximate surface area is 118 Å². The highest BCUT2D eigenvalue weighted by Crippen LogP contribution is 2.27. The molecule has 20 heavy (non-hydrogen) atoms. The summed E-state index contributed by atoms with van der Waals surface area (Å²) >= 11 is 0. The molecule has 0 radical (unpaired) electrons. The van der Waals surface area contributed by atoms with Crippen molar-refractivity contribution in [3.05, 3.63) is 65.7 Å². The number of hydrogen-bond acceptors (Lipinski definition) is 3. The molecule has 3 heteroatoms. The van der Waals surface area contributed by atoms with Crippen LogP contribution in [0.3, 0.4) is 0 Å². The highest BCUT2D eigenvalue weighted by atomic mass is 16.5. The summed E-state index contributed by atoms with van der Waals surface area (Å²) < 4.78 is 10.8. The Morgan fingerprint density at radius 3 is 2.50 bits per heavy atom. The van der Waals surface area contributed by atoms with E-state index in [1.54, 1.807) is 25.3 Å². The SMILES string of the molecule is COc1cc(C=O)ccc1OC/C=C/c1ccccc1. The average molecular weight is 268 g/mol. The van der Waals surface area contributed by atoms with Gasteiger partial charge in [0.2, 0.25) is 0 Å². The number of aldehydes is 1. The van der Waals surface area contributed by atoms with Crippen LogP contribution in [0.15, 0.2) is 54.6 Å². The zero-order chi connectivity index (χ0) is 14.2. The maximum absolute atomic E-state index is 10.7. The average Bonchev–Trinajstić information content (AvgIpc) is 2.52. The lowest BCUT2D eigenvalue weighted by Gasteiger charge is -2.09. The van der Waals surface area contributed by atoms with Crippen molar-refractivity contribution in [2.24, 2.45) is 0 Å². The van der Waals surface area contributed by atoms with Crippen LogP contribution in [0.2, 0.25) is 0 Å². The molecule has 0 amide bonds. The van der Waals surface area contributed by atoms with Gasteiger partial charge >= 0.3 is 0 Å². The molecular weight excluding hydrogens is 252 g/mol. The molecule has 0 bridgehead atoms. The molecular formula is C17H16O3. The lowest BCUT2D eigenvalue weighted by molar-refractivity contribution is 0.112. The minimum atomic E-state index is 0.436. The van der Waals surface area contributed by atoms with Crippen molar-refractivity contribution in [2.45, 2.75) is 0 Å². The predicted molar refractivity (Wildman–Crippen MR) is 79.4 cm³/mol. The van der Waals surface area contributed by atoms with Gasteiger partial charge in [0.15, 0.2) is 11.5 Å². The number of benzene rings is 2. The van der Waals surface area contributed by atoms with E-state index in [2.05, 4.69) is 0 Å². The van der Waals surface area contributed by atoms with Crippen LogP contribution in [0.25, 0.3) is 6.08 Å². The monoisotopic (exact) mass is 268 g/mol. The van der Waals surface area contributed by atoms with Crippen molar-refractivity contribution in [1.82, 2.24) is 0 Å². The van der Waals surface area contributed by atoms with Gasteiger partial charge in [-0.1, -0.05) is 36.4 Å². The summed E-state index contributed by atoms with van der Waals surface area (Å²) in [5.74, 6) is 1.18. The number of carbonyl (C=O) groups excluding carboxylic acids is 1. The molecule has 0 aliphatic carbocycles. The summed E-state index contributed by atoms with van der Waals surface area (Å²) in [6.07, 6.45) is 4.70. The Morgan fingerprint density at radius 1 is 1.00 bits per heavy atom. The molecule has 0 saturated carbocycles. The van der Waals surface area contributed by atoms with Gasteiger partial charge in [-0.15, -0.1) is 0 Å². The normalized spacial score (nSPS) is 10.4. The van der Waals surface area contributed by atoms with Crippen molar-refractivity contribution in [2.75, 3.05) is 13.7 Å². The summed E-state index contributed by atoms with van der Waals surface area (Å²) in [4.78, 5) is 10.7. The Morgan fingerprint density at radius 2 is 1.80 bits per heavy atom. The van der Waals surface area contributed by atoms with Crippen molar-refractivity contribution >= 4 is 12.4 Å². The smallest absolute Gasteiger partial charge is 0.161 e. The Balaban J connectivity index is 1.97. The molecule has 0 aliphatic heterocycles. The van der Waals surface area contributed by atoms with Crippen molar-refractivity contribution < 1.29 is 14.3 Å². The lowest BCUT2D eigenvalue weighted by atomic mass is 10.2. The van der Waals surface area contributed by atoms with Gasteiger partial charge in [0, 0.05) is 5.56 Å². The van der Waals surface area contributed by atoms with Crippen LogP contribution >= 0.6 is 0 Å². The van der Waals surface area contributed by atoms with E-state index in [1.165, 1.54) is 0 Å². The lowest BCUT2D eigenvalue weighted by Crippen LogP contribution is -1.97. The first kappa shape index (κ1) is 13.9. The Kier molecular flexibility index (Phi) is 4.95. The van der Waals surface area contributed by atoms with E-state index in [1.807, 2.05) is 42.5 Å². The van der Waals surface area contributed by atoms with Gasteiger partial charge in [0.05, 0.1) is 7.11 Å². The molecule has 0 unspecified atom stereocenters. The predicted octanol–water partition coefficient (Wildman–Crippen LogP) is 3.60. The molecule has 0 N–H and O–H groups in total. The maximum atomic E-state index is 10.7. The summed E-state index contributed by atoms with van der Waals surface area (Å²) in [5, 5.41) is 0. The van der Waals surface area contributed by atoms with E-state index in [-0.39, 0.29) is 0 Å². The van der Waals surface area contributed by atoms with Crippen LogP contribution in [-0.4, -0.2) is 20.0 Å². The third-order valence-corrected chi connectivity index (χ3v) is 2.77. The second-order valence-electron chi connectivity index (χ2n) is 4.15. The summed E-state index contributed by atoms with van der Waals surface area (Å²) in [5.41, 5.74) is 1.69. The van der Waals surface area contributed by atoms with Crippen LogP contribution < -0.4 is 9.47 Å². The molecule has 0 atom stereocenters. The van der Waals surface area contributed by atoms with E-state index in [4.69, 9.17) is 9.47 Å². The van der Waals surface area contributed by atoms with Gasteiger partial charge in [0.1, 0.15) is 12.9 Å². The highest BCUT2D eigenvalue weighted by Gasteiger charge is 2.04. The fourth-order valence-electron chi connectivity index (χ4n) is 1.76. The van der Waals surface area contributed by atoms with E-state index in [0.717, 1.165) is 11.8 Å². The zero-order valence-electron chi connectivity index (χ0n) is 11.3. The maximum Gasteiger partial charge on any atom is 0.161 e. The molecule has 2 aromatic carbocycles. The third-order valence-electron chi connectivity index (χ3n) is 2.77. The molecule has 0 spiro atoms. The first-order valence-electron chi connectivity index (χ1n) is 6.31. The molecule has 0 heterocycles. The fourth-order valence-corrected chi connectivity index (χ4v) is 1.76. The van der Waals surface area contributed by atoms with E-state index < -0.39 is 0 Å². The molecule has 0 fully saturated rings. The Hall–Kier alpha value is -2.55. The van der Waals surface area contributed by atoms with Crippen LogP contribution in [0.4, 0.5) is 0 Å². The highest BCUT2D eigenvalue weighted by molar-refractivity contribution is 5.76. The fraction of sp³-hybridized carbons (Fsp3) is 0.118. The van der Waals surface area contributed by atoms with Crippen LogP contribution in [-0.2, 0) is 0 Å². The molecule has 3 nitrogen and oxygen atoms in total. The first-order valence-corrected chi connectivity index (χ1v) is 6.31. The van der Waals surface area contributed by atoms with Gasteiger partial charge in [-0.05, 0) is 29.8 Å². The molecule has 0 aliphatic rings. The number of rotatable bonds is 6. The second-order valence-corrected chi connectivity index (χ2v) is 4.15.